The number of nitrogens with one attached hydrogen (secondary N) is 1. The van der Waals surface area contributed by atoms with Crippen LogP contribution in [0.15, 0.2) is 108 Å². The van der Waals surface area contributed by atoms with Gasteiger partial charge in [-0.25, -0.2) is 8.42 Å². The van der Waals surface area contributed by atoms with Crippen LogP contribution in [0.1, 0.15) is 41.7 Å². The molecule has 4 aromatic carbocycles. The number of amides is 2. The molecule has 7 nitrogen and oxygen atoms in total. The van der Waals surface area contributed by atoms with Gasteiger partial charge < -0.3 is 10.2 Å². The SMILES string of the molecule is Cc1cc(C)cc(N(CC(=O)N(Cc2ccccc2C)C(Cc2ccccc2)C(=O)NCC(C)C)S(=O)(=O)c2ccccc2)c1. The van der Waals surface area contributed by atoms with Crippen LogP contribution in [0.2, 0.25) is 0 Å². The van der Waals surface area contributed by atoms with Crippen molar-refractivity contribution in [3.63, 3.8) is 0 Å². The zero-order chi connectivity index (χ0) is 32.6. The van der Waals surface area contributed by atoms with Crippen molar-refractivity contribution in [1.82, 2.24) is 10.2 Å². The molecule has 0 aliphatic carbocycles. The fourth-order valence-corrected chi connectivity index (χ4v) is 6.71. The number of benzene rings is 4. The predicted molar refractivity (Wildman–Crippen MR) is 180 cm³/mol. The smallest absolute Gasteiger partial charge is 0.264 e. The molecule has 1 unspecified atom stereocenters. The number of sulfonamides is 1. The fraction of sp³-hybridized carbons (Fsp3) is 0.297. The van der Waals surface area contributed by atoms with Gasteiger partial charge in [0.15, 0.2) is 0 Å². The highest BCUT2D eigenvalue weighted by atomic mass is 32.2. The highest BCUT2D eigenvalue weighted by Crippen LogP contribution is 2.27. The highest BCUT2D eigenvalue weighted by molar-refractivity contribution is 7.92. The van der Waals surface area contributed by atoms with Crippen LogP contribution in [-0.2, 0) is 32.6 Å². The summed E-state index contributed by atoms with van der Waals surface area (Å²) in [6.45, 7) is 9.89. The van der Waals surface area contributed by atoms with Crippen LogP contribution in [-0.4, -0.2) is 44.3 Å². The van der Waals surface area contributed by atoms with E-state index in [9.17, 15) is 18.0 Å². The number of aryl methyl sites for hydroxylation is 3. The lowest BCUT2D eigenvalue weighted by Gasteiger charge is -2.34. The molecule has 0 aromatic heterocycles. The maximum absolute atomic E-state index is 14.6. The molecule has 0 bridgehead atoms. The van der Waals surface area contributed by atoms with E-state index in [0.29, 0.717) is 12.2 Å². The molecule has 0 aliphatic heterocycles. The Bertz CT molecular complexity index is 1690. The van der Waals surface area contributed by atoms with Gasteiger partial charge in [0.1, 0.15) is 12.6 Å². The van der Waals surface area contributed by atoms with Crippen molar-refractivity contribution in [3.05, 3.63) is 131 Å². The minimum atomic E-state index is -4.14. The third kappa shape index (κ3) is 8.82. The number of carbonyl (C=O) groups is 2. The number of hydrogen-bond acceptors (Lipinski definition) is 4. The molecule has 45 heavy (non-hydrogen) atoms. The molecular weight excluding hydrogens is 582 g/mol. The molecule has 0 heterocycles. The summed E-state index contributed by atoms with van der Waals surface area (Å²) in [7, 11) is -4.14. The Hall–Kier alpha value is -4.43. The molecule has 236 valence electrons. The van der Waals surface area contributed by atoms with Crippen LogP contribution in [0, 0.1) is 26.7 Å². The molecule has 4 aromatic rings. The lowest BCUT2D eigenvalue weighted by Crippen LogP contribution is -2.53. The molecule has 1 atom stereocenters. The molecule has 4 rings (SSSR count). The molecule has 0 aliphatic rings. The summed E-state index contributed by atoms with van der Waals surface area (Å²) in [5.41, 5.74) is 4.89. The quantitative estimate of drug-likeness (QED) is 0.191. The summed E-state index contributed by atoms with van der Waals surface area (Å²) in [6.07, 6.45) is 0.275. The van der Waals surface area contributed by atoms with Gasteiger partial charge in [0.2, 0.25) is 11.8 Å². The molecule has 8 heteroatoms. The van der Waals surface area contributed by atoms with Gasteiger partial charge in [-0.05, 0) is 78.8 Å². The minimum absolute atomic E-state index is 0.0814. The van der Waals surface area contributed by atoms with E-state index in [1.807, 2.05) is 95.3 Å². The van der Waals surface area contributed by atoms with Crippen molar-refractivity contribution >= 4 is 27.5 Å². The maximum atomic E-state index is 14.6. The van der Waals surface area contributed by atoms with E-state index >= 15 is 0 Å². The van der Waals surface area contributed by atoms with E-state index in [0.717, 1.165) is 27.8 Å². The lowest BCUT2D eigenvalue weighted by molar-refractivity contribution is -0.140. The minimum Gasteiger partial charge on any atom is -0.354 e. The van der Waals surface area contributed by atoms with Crippen LogP contribution < -0.4 is 9.62 Å². The standard InChI is InChI=1S/C37H43N3O4S/c1-27(2)24-38-37(42)35(23-31-15-8-6-9-16-31)39(25-32-17-13-12-14-30(32)5)36(41)26-40(33-21-28(3)20-29(4)22-33)45(43,44)34-18-10-7-11-19-34/h6-22,27,35H,23-26H2,1-5H3,(H,38,42). The third-order valence-corrected chi connectivity index (χ3v) is 9.45. The number of hydrogen-bond donors (Lipinski definition) is 1. The summed E-state index contributed by atoms with van der Waals surface area (Å²) in [5, 5.41) is 3.03. The zero-order valence-electron chi connectivity index (χ0n) is 26.7. The molecule has 2 amide bonds. The van der Waals surface area contributed by atoms with Gasteiger partial charge in [-0.1, -0.05) is 92.7 Å². The van der Waals surface area contributed by atoms with Crippen molar-refractivity contribution in [2.24, 2.45) is 5.92 Å². The first-order valence-corrected chi connectivity index (χ1v) is 16.7. The summed E-state index contributed by atoms with van der Waals surface area (Å²) in [6, 6.07) is 30.0. The highest BCUT2D eigenvalue weighted by Gasteiger charge is 2.35. The Balaban J connectivity index is 1.82. The first kappa shape index (κ1) is 33.5. The molecule has 0 saturated carbocycles. The second-order valence-electron chi connectivity index (χ2n) is 12.0. The van der Waals surface area contributed by atoms with E-state index < -0.39 is 28.5 Å². The second-order valence-corrected chi connectivity index (χ2v) is 13.8. The van der Waals surface area contributed by atoms with Crippen molar-refractivity contribution in [2.45, 2.75) is 58.5 Å². The Labute approximate surface area is 268 Å². The van der Waals surface area contributed by atoms with Crippen molar-refractivity contribution < 1.29 is 18.0 Å². The zero-order valence-corrected chi connectivity index (χ0v) is 27.6. The Kier molecular flexibility index (Phi) is 11.2. The maximum Gasteiger partial charge on any atom is 0.264 e. The van der Waals surface area contributed by atoms with E-state index in [1.165, 1.54) is 16.4 Å². The van der Waals surface area contributed by atoms with Crippen LogP contribution in [0.4, 0.5) is 5.69 Å². The van der Waals surface area contributed by atoms with Crippen molar-refractivity contribution in [2.75, 3.05) is 17.4 Å². The topological polar surface area (TPSA) is 86.8 Å². The number of rotatable bonds is 13. The summed E-state index contributed by atoms with van der Waals surface area (Å²) >= 11 is 0. The average Bonchev–Trinajstić information content (AvgIpc) is 3.01. The van der Waals surface area contributed by atoms with Gasteiger partial charge in [0.25, 0.3) is 10.0 Å². The van der Waals surface area contributed by atoms with Gasteiger partial charge in [-0.2, -0.15) is 0 Å². The second kappa shape index (κ2) is 15.0. The van der Waals surface area contributed by atoms with Gasteiger partial charge in [0.05, 0.1) is 10.6 Å². The van der Waals surface area contributed by atoms with E-state index in [-0.39, 0.29) is 29.7 Å². The molecule has 1 N–H and O–H groups in total. The van der Waals surface area contributed by atoms with E-state index in [2.05, 4.69) is 5.32 Å². The molecule has 0 saturated heterocycles. The number of carbonyl (C=O) groups excluding carboxylic acids is 2. The average molecular weight is 626 g/mol. The summed E-state index contributed by atoms with van der Waals surface area (Å²) in [4.78, 5) is 30.1. The summed E-state index contributed by atoms with van der Waals surface area (Å²) < 4.78 is 29.5. The first-order valence-electron chi connectivity index (χ1n) is 15.3. The normalized spacial score (nSPS) is 12.0. The number of nitrogens with zero attached hydrogens (tertiary/aromatic N) is 2. The predicted octanol–water partition coefficient (Wildman–Crippen LogP) is 6.22. The van der Waals surface area contributed by atoms with Crippen LogP contribution in [0.25, 0.3) is 0 Å². The first-order chi connectivity index (χ1) is 21.5. The van der Waals surface area contributed by atoms with Gasteiger partial charge in [0, 0.05) is 19.5 Å². The van der Waals surface area contributed by atoms with E-state index in [1.54, 1.807) is 35.2 Å². The Morgan fingerprint density at radius 3 is 1.96 bits per heavy atom. The molecule has 0 fully saturated rings. The van der Waals surface area contributed by atoms with Crippen LogP contribution in [0.3, 0.4) is 0 Å². The largest absolute Gasteiger partial charge is 0.354 e. The summed E-state index contributed by atoms with van der Waals surface area (Å²) in [5.74, 6) is -0.543. The third-order valence-electron chi connectivity index (χ3n) is 7.66. The number of anilines is 1. The molecule has 0 radical (unpaired) electrons. The fourth-order valence-electron chi connectivity index (χ4n) is 5.29. The van der Waals surface area contributed by atoms with Gasteiger partial charge in [-0.15, -0.1) is 0 Å². The van der Waals surface area contributed by atoms with Gasteiger partial charge >= 0.3 is 0 Å². The monoisotopic (exact) mass is 625 g/mol. The lowest BCUT2D eigenvalue weighted by atomic mass is 10.0. The molecular formula is C37H43N3O4S. The van der Waals surface area contributed by atoms with Crippen LogP contribution >= 0.6 is 0 Å². The van der Waals surface area contributed by atoms with Crippen molar-refractivity contribution in [3.8, 4) is 0 Å². The van der Waals surface area contributed by atoms with Gasteiger partial charge in [-0.3, -0.25) is 13.9 Å². The van der Waals surface area contributed by atoms with E-state index in [4.69, 9.17) is 0 Å². The Morgan fingerprint density at radius 1 is 0.778 bits per heavy atom. The molecule has 0 spiro atoms. The van der Waals surface area contributed by atoms with Crippen LogP contribution in [0.5, 0.6) is 0 Å². The van der Waals surface area contributed by atoms with Crippen molar-refractivity contribution in [1.29, 1.82) is 0 Å². The Morgan fingerprint density at radius 2 is 1.36 bits per heavy atom.